The number of hydrogen-bond donors (Lipinski definition) is 2. The first kappa shape index (κ1) is 16.4. The second-order valence-corrected chi connectivity index (χ2v) is 6.06. The van der Waals surface area contributed by atoms with Crippen molar-refractivity contribution in [1.29, 1.82) is 0 Å². The van der Waals surface area contributed by atoms with E-state index in [1.165, 1.54) is 11.1 Å². The highest BCUT2D eigenvalue weighted by molar-refractivity contribution is 5.30. The highest BCUT2D eigenvalue weighted by Crippen LogP contribution is 2.31. The van der Waals surface area contributed by atoms with Crippen LogP contribution in [0.2, 0.25) is 0 Å². The number of rotatable bonds is 5. The summed E-state index contributed by atoms with van der Waals surface area (Å²) in [4.78, 5) is 2.40. The largest absolute Gasteiger partial charge is 0.394 e. The molecule has 1 aliphatic heterocycles. The van der Waals surface area contributed by atoms with Crippen molar-refractivity contribution in [2.45, 2.75) is 51.4 Å². The minimum atomic E-state index is -0.114. The van der Waals surface area contributed by atoms with Gasteiger partial charge in [0.1, 0.15) is 0 Å². The molecule has 0 saturated carbocycles. The zero-order valence-corrected chi connectivity index (χ0v) is 13.3. The minimum Gasteiger partial charge on any atom is -0.394 e. The quantitative estimate of drug-likeness (QED) is 0.869. The summed E-state index contributed by atoms with van der Waals surface area (Å²) < 4.78 is 5.67. The molecular weight excluding hydrogens is 264 g/mol. The van der Waals surface area contributed by atoms with Gasteiger partial charge >= 0.3 is 0 Å². The van der Waals surface area contributed by atoms with Gasteiger partial charge in [-0.05, 0) is 31.4 Å². The molecule has 4 heteroatoms. The average Bonchev–Trinajstić information content (AvgIpc) is 2.50. The van der Waals surface area contributed by atoms with E-state index < -0.39 is 0 Å². The van der Waals surface area contributed by atoms with Crippen LogP contribution in [0.5, 0.6) is 0 Å². The van der Waals surface area contributed by atoms with Gasteiger partial charge in [0.25, 0.3) is 0 Å². The zero-order valence-electron chi connectivity index (χ0n) is 13.3. The lowest BCUT2D eigenvalue weighted by Crippen LogP contribution is -2.54. The van der Waals surface area contributed by atoms with E-state index in [1.807, 2.05) is 0 Å². The molecule has 118 valence electrons. The van der Waals surface area contributed by atoms with E-state index in [0.29, 0.717) is 12.6 Å². The molecule has 0 spiro atoms. The molecule has 1 aromatic rings. The van der Waals surface area contributed by atoms with E-state index in [1.54, 1.807) is 0 Å². The van der Waals surface area contributed by atoms with Gasteiger partial charge in [0.2, 0.25) is 0 Å². The SMILES string of the molecule is CCC(N)C(c1ccccc1C)N1CC(CO)OCC1C. The predicted octanol–water partition coefficient (Wildman–Crippen LogP) is 1.86. The number of aliphatic hydroxyl groups excluding tert-OH is 1. The number of benzene rings is 1. The summed E-state index contributed by atoms with van der Waals surface area (Å²) in [5.74, 6) is 0. The van der Waals surface area contributed by atoms with Gasteiger partial charge in [-0.25, -0.2) is 0 Å². The normalized spacial score (nSPS) is 26.5. The minimum absolute atomic E-state index is 0.0606. The lowest BCUT2D eigenvalue weighted by molar-refractivity contribution is -0.0949. The maximum Gasteiger partial charge on any atom is 0.0933 e. The van der Waals surface area contributed by atoms with E-state index in [2.05, 4.69) is 49.9 Å². The van der Waals surface area contributed by atoms with Crippen LogP contribution in [0.3, 0.4) is 0 Å². The fourth-order valence-electron chi connectivity index (χ4n) is 3.13. The molecule has 1 heterocycles. The third kappa shape index (κ3) is 3.64. The summed E-state index contributed by atoms with van der Waals surface area (Å²) in [5, 5.41) is 9.41. The molecule has 0 radical (unpaired) electrons. The van der Waals surface area contributed by atoms with Crippen LogP contribution in [0, 0.1) is 6.92 Å². The monoisotopic (exact) mass is 292 g/mol. The molecule has 4 unspecified atom stereocenters. The molecule has 4 nitrogen and oxygen atoms in total. The number of ether oxygens (including phenoxy) is 1. The maximum atomic E-state index is 9.41. The Morgan fingerprint density at radius 1 is 1.43 bits per heavy atom. The summed E-state index contributed by atoms with van der Waals surface area (Å²) in [7, 11) is 0. The summed E-state index contributed by atoms with van der Waals surface area (Å²) in [6.45, 7) is 7.87. The van der Waals surface area contributed by atoms with Crippen molar-refractivity contribution in [3.63, 3.8) is 0 Å². The van der Waals surface area contributed by atoms with Gasteiger partial charge in [-0.15, -0.1) is 0 Å². The second-order valence-electron chi connectivity index (χ2n) is 6.06. The third-order valence-corrected chi connectivity index (χ3v) is 4.50. The van der Waals surface area contributed by atoms with Gasteiger partial charge in [-0.2, -0.15) is 0 Å². The van der Waals surface area contributed by atoms with Crippen LogP contribution >= 0.6 is 0 Å². The first-order valence-electron chi connectivity index (χ1n) is 7.87. The van der Waals surface area contributed by atoms with Gasteiger partial charge in [-0.1, -0.05) is 31.2 Å². The molecule has 0 bridgehead atoms. The summed E-state index contributed by atoms with van der Waals surface area (Å²) >= 11 is 0. The molecule has 21 heavy (non-hydrogen) atoms. The highest BCUT2D eigenvalue weighted by Gasteiger charge is 2.35. The molecule has 1 fully saturated rings. The Balaban J connectivity index is 2.33. The Kier molecular flexibility index (Phi) is 5.76. The predicted molar refractivity (Wildman–Crippen MR) is 85.2 cm³/mol. The zero-order chi connectivity index (χ0) is 15.4. The van der Waals surface area contributed by atoms with Crippen molar-refractivity contribution >= 4 is 0 Å². The first-order valence-corrected chi connectivity index (χ1v) is 7.87. The van der Waals surface area contributed by atoms with Crippen molar-refractivity contribution < 1.29 is 9.84 Å². The molecule has 0 aliphatic carbocycles. The first-order chi connectivity index (χ1) is 10.1. The molecule has 3 N–H and O–H groups in total. The summed E-state index contributed by atoms with van der Waals surface area (Å²) in [6.07, 6.45) is 0.809. The van der Waals surface area contributed by atoms with Crippen LogP contribution in [0.15, 0.2) is 24.3 Å². The van der Waals surface area contributed by atoms with Crippen molar-refractivity contribution in [3.05, 3.63) is 35.4 Å². The fourth-order valence-corrected chi connectivity index (χ4v) is 3.13. The van der Waals surface area contributed by atoms with E-state index in [-0.39, 0.29) is 24.8 Å². The van der Waals surface area contributed by atoms with Gasteiger partial charge in [0, 0.05) is 18.6 Å². The summed E-state index contributed by atoms with van der Waals surface area (Å²) in [6, 6.07) is 8.99. The van der Waals surface area contributed by atoms with Gasteiger partial charge in [0.05, 0.1) is 25.4 Å². The number of aliphatic hydroxyl groups is 1. The fraction of sp³-hybridized carbons (Fsp3) is 0.647. The number of nitrogens with zero attached hydrogens (tertiary/aromatic N) is 1. The van der Waals surface area contributed by atoms with E-state index >= 15 is 0 Å². The van der Waals surface area contributed by atoms with E-state index in [4.69, 9.17) is 10.5 Å². The standard InChI is InChI=1S/C17H28N2O2/c1-4-16(18)17(15-8-6-5-7-12(15)2)19-9-14(10-20)21-11-13(19)3/h5-8,13-14,16-17,20H,4,9-11,18H2,1-3H3. The lowest BCUT2D eigenvalue weighted by atomic mass is 9.91. The average molecular weight is 292 g/mol. The molecule has 1 aromatic carbocycles. The van der Waals surface area contributed by atoms with Gasteiger partial charge in [-0.3, -0.25) is 4.90 Å². The number of nitrogens with two attached hydrogens (primary N) is 1. The van der Waals surface area contributed by atoms with Crippen LogP contribution in [0.25, 0.3) is 0 Å². The Morgan fingerprint density at radius 2 is 2.14 bits per heavy atom. The smallest absolute Gasteiger partial charge is 0.0933 e. The molecule has 1 saturated heterocycles. The molecule has 4 atom stereocenters. The Bertz CT molecular complexity index is 452. The Labute approximate surface area is 127 Å². The van der Waals surface area contributed by atoms with Crippen LogP contribution in [0.4, 0.5) is 0 Å². The second kappa shape index (κ2) is 7.36. The van der Waals surface area contributed by atoms with Crippen molar-refractivity contribution in [2.75, 3.05) is 19.8 Å². The highest BCUT2D eigenvalue weighted by atomic mass is 16.5. The number of hydrogen-bond acceptors (Lipinski definition) is 4. The molecule has 0 amide bonds. The van der Waals surface area contributed by atoms with Crippen molar-refractivity contribution in [3.8, 4) is 0 Å². The van der Waals surface area contributed by atoms with Crippen molar-refractivity contribution in [1.82, 2.24) is 4.90 Å². The van der Waals surface area contributed by atoms with Crippen molar-refractivity contribution in [2.24, 2.45) is 5.73 Å². The third-order valence-electron chi connectivity index (χ3n) is 4.50. The van der Waals surface area contributed by atoms with Crippen LogP contribution < -0.4 is 5.73 Å². The summed E-state index contributed by atoms with van der Waals surface area (Å²) in [5.41, 5.74) is 9.01. The molecule has 1 aliphatic rings. The number of morpholine rings is 1. The number of aryl methyl sites for hydroxylation is 1. The Morgan fingerprint density at radius 3 is 2.76 bits per heavy atom. The van der Waals surface area contributed by atoms with Crippen LogP contribution in [-0.2, 0) is 4.74 Å². The van der Waals surface area contributed by atoms with Crippen LogP contribution in [-0.4, -0.2) is 48.0 Å². The van der Waals surface area contributed by atoms with Gasteiger partial charge < -0.3 is 15.6 Å². The molecule has 0 aromatic heterocycles. The lowest BCUT2D eigenvalue weighted by Gasteiger charge is -2.45. The van der Waals surface area contributed by atoms with Crippen LogP contribution in [0.1, 0.15) is 37.4 Å². The Hall–Kier alpha value is -0.940. The maximum absolute atomic E-state index is 9.41. The van der Waals surface area contributed by atoms with E-state index in [9.17, 15) is 5.11 Å². The molecular formula is C17H28N2O2. The van der Waals surface area contributed by atoms with Gasteiger partial charge in [0.15, 0.2) is 0 Å². The van der Waals surface area contributed by atoms with E-state index in [0.717, 1.165) is 13.0 Å². The topological polar surface area (TPSA) is 58.7 Å². The molecule has 2 rings (SSSR count).